The van der Waals surface area contributed by atoms with E-state index < -0.39 is 5.97 Å². The molecule has 0 saturated heterocycles. The molecule has 0 saturated carbocycles. The van der Waals surface area contributed by atoms with E-state index in [-0.39, 0.29) is 12.5 Å². The number of hydrogen-bond acceptors (Lipinski definition) is 2. The fraction of sp³-hybridized carbons (Fsp3) is 0.750. The molecule has 0 rings (SSSR count). The SMILES string of the molecule is CCCCCCCC[C@H](O)CC/C=C\C/C=C\CCCC(=O)O. The number of rotatable bonds is 16. The van der Waals surface area contributed by atoms with Gasteiger partial charge in [0.2, 0.25) is 0 Å². The molecule has 0 aromatic heterocycles. The number of hydrogen-bond donors (Lipinski definition) is 2. The Bertz CT molecular complexity index is 321. The van der Waals surface area contributed by atoms with Gasteiger partial charge < -0.3 is 10.2 Å². The fourth-order valence-electron chi connectivity index (χ4n) is 2.47. The third-order valence-electron chi connectivity index (χ3n) is 3.92. The summed E-state index contributed by atoms with van der Waals surface area (Å²) in [4.78, 5) is 10.3. The van der Waals surface area contributed by atoms with Crippen molar-refractivity contribution in [1.29, 1.82) is 0 Å². The minimum Gasteiger partial charge on any atom is -0.481 e. The maximum absolute atomic E-state index is 10.3. The molecule has 0 aliphatic rings. The first-order valence-corrected chi connectivity index (χ1v) is 9.36. The van der Waals surface area contributed by atoms with Crippen LogP contribution in [0.3, 0.4) is 0 Å². The molecule has 3 heteroatoms. The summed E-state index contributed by atoms with van der Waals surface area (Å²) in [6.07, 6.45) is 21.3. The molecule has 0 aromatic rings. The van der Waals surface area contributed by atoms with E-state index in [0.717, 1.165) is 38.5 Å². The van der Waals surface area contributed by atoms with Crippen LogP contribution in [-0.4, -0.2) is 22.3 Å². The lowest BCUT2D eigenvalue weighted by Crippen LogP contribution is -2.05. The Balaban J connectivity index is 3.37. The Hall–Kier alpha value is -1.09. The third kappa shape index (κ3) is 18.9. The van der Waals surface area contributed by atoms with Gasteiger partial charge in [-0.2, -0.15) is 0 Å². The van der Waals surface area contributed by atoms with Crippen molar-refractivity contribution in [2.75, 3.05) is 0 Å². The van der Waals surface area contributed by atoms with Gasteiger partial charge in [-0.15, -0.1) is 0 Å². The molecule has 0 unspecified atom stereocenters. The van der Waals surface area contributed by atoms with Crippen LogP contribution in [0, 0.1) is 0 Å². The van der Waals surface area contributed by atoms with Crippen molar-refractivity contribution < 1.29 is 15.0 Å². The quantitative estimate of drug-likeness (QED) is 0.285. The molecule has 0 bridgehead atoms. The van der Waals surface area contributed by atoms with Gasteiger partial charge in [0.05, 0.1) is 6.10 Å². The highest BCUT2D eigenvalue weighted by molar-refractivity contribution is 5.66. The molecule has 0 aromatic carbocycles. The predicted octanol–water partition coefficient (Wildman–Crippen LogP) is 5.64. The van der Waals surface area contributed by atoms with E-state index in [1.165, 1.54) is 32.1 Å². The van der Waals surface area contributed by atoms with E-state index in [9.17, 15) is 9.90 Å². The fourth-order valence-corrected chi connectivity index (χ4v) is 2.47. The van der Waals surface area contributed by atoms with Gasteiger partial charge in [0.1, 0.15) is 0 Å². The molecule has 1 atom stereocenters. The van der Waals surface area contributed by atoms with Gasteiger partial charge in [-0.3, -0.25) is 4.79 Å². The van der Waals surface area contributed by atoms with Crippen LogP contribution in [0.25, 0.3) is 0 Å². The molecule has 0 radical (unpaired) electrons. The Morgan fingerprint density at radius 3 is 2.22 bits per heavy atom. The second-order valence-corrected chi connectivity index (χ2v) is 6.25. The van der Waals surface area contributed by atoms with Crippen molar-refractivity contribution in [3.05, 3.63) is 24.3 Å². The van der Waals surface area contributed by atoms with Crippen molar-refractivity contribution in [1.82, 2.24) is 0 Å². The number of allylic oxidation sites excluding steroid dienone is 4. The normalized spacial score (nSPS) is 13.1. The zero-order valence-electron chi connectivity index (χ0n) is 14.9. The summed E-state index contributed by atoms with van der Waals surface area (Å²) in [7, 11) is 0. The summed E-state index contributed by atoms with van der Waals surface area (Å²) < 4.78 is 0. The third-order valence-corrected chi connectivity index (χ3v) is 3.92. The number of aliphatic hydroxyl groups excluding tert-OH is 1. The topological polar surface area (TPSA) is 57.5 Å². The van der Waals surface area contributed by atoms with Crippen molar-refractivity contribution in [3.8, 4) is 0 Å². The van der Waals surface area contributed by atoms with Gasteiger partial charge in [-0.05, 0) is 38.5 Å². The lowest BCUT2D eigenvalue weighted by atomic mass is 10.0. The number of carboxylic acid groups (broad SMARTS) is 1. The van der Waals surface area contributed by atoms with Gasteiger partial charge >= 0.3 is 5.97 Å². The second-order valence-electron chi connectivity index (χ2n) is 6.25. The van der Waals surface area contributed by atoms with Crippen molar-refractivity contribution in [3.63, 3.8) is 0 Å². The highest BCUT2D eigenvalue weighted by Gasteiger charge is 2.02. The van der Waals surface area contributed by atoms with Crippen LogP contribution in [0.15, 0.2) is 24.3 Å². The van der Waals surface area contributed by atoms with Gasteiger partial charge in [-0.25, -0.2) is 0 Å². The average molecular weight is 325 g/mol. The zero-order valence-corrected chi connectivity index (χ0v) is 14.9. The van der Waals surface area contributed by atoms with Crippen LogP contribution >= 0.6 is 0 Å². The molecule has 0 amide bonds. The van der Waals surface area contributed by atoms with Gasteiger partial charge in [0.25, 0.3) is 0 Å². The van der Waals surface area contributed by atoms with E-state index in [1.807, 2.05) is 6.08 Å². The van der Waals surface area contributed by atoms with Crippen LogP contribution in [-0.2, 0) is 4.79 Å². The Labute approximate surface area is 142 Å². The molecule has 0 heterocycles. The molecule has 0 spiro atoms. The molecular formula is C20H36O3. The highest BCUT2D eigenvalue weighted by Crippen LogP contribution is 2.11. The Morgan fingerprint density at radius 2 is 1.52 bits per heavy atom. The summed E-state index contributed by atoms with van der Waals surface area (Å²) >= 11 is 0. The number of carbonyl (C=O) groups is 1. The van der Waals surface area contributed by atoms with E-state index in [0.29, 0.717) is 6.42 Å². The van der Waals surface area contributed by atoms with E-state index in [2.05, 4.69) is 25.2 Å². The van der Waals surface area contributed by atoms with Crippen LogP contribution in [0.2, 0.25) is 0 Å². The summed E-state index contributed by atoms with van der Waals surface area (Å²) in [5, 5.41) is 18.4. The zero-order chi connectivity index (χ0) is 17.2. The summed E-state index contributed by atoms with van der Waals surface area (Å²) in [6, 6.07) is 0. The molecule has 0 aliphatic carbocycles. The molecule has 134 valence electrons. The monoisotopic (exact) mass is 324 g/mol. The first-order chi connectivity index (χ1) is 11.2. The number of aliphatic hydroxyl groups is 1. The molecule has 2 N–H and O–H groups in total. The lowest BCUT2D eigenvalue weighted by molar-refractivity contribution is -0.137. The molecule has 0 aliphatic heterocycles. The summed E-state index contributed by atoms with van der Waals surface area (Å²) in [5.41, 5.74) is 0. The van der Waals surface area contributed by atoms with Gasteiger partial charge in [0, 0.05) is 6.42 Å². The van der Waals surface area contributed by atoms with Gasteiger partial charge in [-0.1, -0.05) is 69.8 Å². The Kier molecular flexibility index (Phi) is 16.4. The molecule has 0 fully saturated rings. The first kappa shape index (κ1) is 21.9. The van der Waals surface area contributed by atoms with Crippen LogP contribution in [0.4, 0.5) is 0 Å². The van der Waals surface area contributed by atoms with Crippen molar-refractivity contribution in [2.45, 2.75) is 96.5 Å². The number of aliphatic carboxylic acids is 1. The van der Waals surface area contributed by atoms with Crippen molar-refractivity contribution in [2.24, 2.45) is 0 Å². The second kappa shape index (κ2) is 17.3. The average Bonchev–Trinajstić information content (AvgIpc) is 2.52. The standard InChI is InChI=1S/C20H36O3/c1-2-3-4-5-10-13-16-19(21)17-14-11-8-6-7-9-12-15-18-20(22)23/h7-9,11,19,21H,2-6,10,12-18H2,1H3,(H,22,23)/b9-7-,11-8-/t19-/m0/s1. The predicted molar refractivity (Wildman–Crippen MR) is 97.6 cm³/mol. The Morgan fingerprint density at radius 1 is 0.870 bits per heavy atom. The number of unbranched alkanes of at least 4 members (excludes halogenated alkanes) is 6. The highest BCUT2D eigenvalue weighted by atomic mass is 16.4. The number of carboxylic acids is 1. The van der Waals surface area contributed by atoms with Crippen molar-refractivity contribution >= 4 is 5.97 Å². The minimum absolute atomic E-state index is 0.155. The largest absolute Gasteiger partial charge is 0.481 e. The maximum atomic E-state index is 10.3. The lowest BCUT2D eigenvalue weighted by Gasteiger charge is -2.08. The first-order valence-electron chi connectivity index (χ1n) is 9.36. The molecule has 3 nitrogen and oxygen atoms in total. The maximum Gasteiger partial charge on any atom is 0.303 e. The van der Waals surface area contributed by atoms with Crippen LogP contribution in [0.1, 0.15) is 90.4 Å². The van der Waals surface area contributed by atoms with E-state index in [4.69, 9.17) is 5.11 Å². The van der Waals surface area contributed by atoms with E-state index >= 15 is 0 Å². The van der Waals surface area contributed by atoms with Crippen LogP contribution < -0.4 is 0 Å². The van der Waals surface area contributed by atoms with E-state index in [1.54, 1.807) is 0 Å². The minimum atomic E-state index is -0.724. The smallest absolute Gasteiger partial charge is 0.303 e. The summed E-state index contributed by atoms with van der Waals surface area (Å²) in [6.45, 7) is 2.23. The van der Waals surface area contributed by atoms with Gasteiger partial charge in [0.15, 0.2) is 0 Å². The summed E-state index contributed by atoms with van der Waals surface area (Å²) in [5.74, 6) is -0.724. The molecule has 23 heavy (non-hydrogen) atoms. The van der Waals surface area contributed by atoms with Crippen LogP contribution in [0.5, 0.6) is 0 Å². The molecular weight excluding hydrogens is 288 g/mol.